The second-order valence-corrected chi connectivity index (χ2v) is 5.51. The number of nitrogens with zero attached hydrogens (tertiary/aromatic N) is 1. The van der Waals surface area contributed by atoms with Crippen LogP contribution < -0.4 is 10.1 Å². The summed E-state index contributed by atoms with van der Waals surface area (Å²) < 4.78 is 36.6. The minimum atomic E-state index is -1.06. The lowest BCUT2D eigenvalue weighted by atomic mass is 10.2. The van der Waals surface area contributed by atoms with Gasteiger partial charge in [0.05, 0.1) is 12.8 Å². The fraction of sp³-hybridized carbons (Fsp3) is 0.158. The van der Waals surface area contributed by atoms with Crippen LogP contribution in [0.1, 0.15) is 16.1 Å². The lowest BCUT2D eigenvalue weighted by molar-refractivity contribution is 0.0953. The van der Waals surface area contributed by atoms with E-state index >= 15 is 0 Å². The second kappa shape index (κ2) is 7.77. The van der Waals surface area contributed by atoms with Gasteiger partial charge in [0.15, 0.2) is 11.6 Å². The third-order valence-electron chi connectivity index (χ3n) is 3.74. The van der Waals surface area contributed by atoms with Crippen LogP contribution in [0.2, 0.25) is 0 Å². The maximum absolute atomic E-state index is 13.2. The van der Waals surface area contributed by atoms with Crippen molar-refractivity contribution in [2.45, 2.75) is 6.42 Å². The van der Waals surface area contributed by atoms with Crippen molar-refractivity contribution in [2.75, 3.05) is 13.7 Å². The number of rotatable bonds is 6. The van der Waals surface area contributed by atoms with E-state index in [-0.39, 0.29) is 12.1 Å². The normalized spacial score (nSPS) is 10.6. The first-order chi connectivity index (χ1) is 12.6. The summed E-state index contributed by atoms with van der Waals surface area (Å²) in [4.78, 5) is 16.3. The van der Waals surface area contributed by atoms with E-state index in [9.17, 15) is 13.6 Å². The number of hydrogen-bond donors (Lipinski definition) is 1. The average molecular weight is 358 g/mol. The Labute approximate surface area is 148 Å². The zero-order valence-electron chi connectivity index (χ0n) is 14.0. The van der Waals surface area contributed by atoms with Gasteiger partial charge in [-0.1, -0.05) is 0 Å². The molecule has 1 aromatic heterocycles. The van der Waals surface area contributed by atoms with Gasteiger partial charge >= 0.3 is 0 Å². The minimum absolute atomic E-state index is 0.0583. The van der Waals surface area contributed by atoms with Gasteiger partial charge in [-0.15, -0.1) is 0 Å². The van der Waals surface area contributed by atoms with E-state index in [0.29, 0.717) is 18.0 Å². The molecule has 1 N–H and O–H groups in total. The van der Waals surface area contributed by atoms with E-state index in [1.165, 1.54) is 12.3 Å². The highest BCUT2D eigenvalue weighted by molar-refractivity contribution is 5.94. The van der Waals surface area contributed by atoms with E-state index in [1.807, 2.05) is 12.1 Å². The Morgan fingerprint density at radius 2 is 1.92 bits per heavy atom. The van der Waals surface area contributed by atoms with Crippen molar-refractivity contribution in [1.82, 2.24) is 10.3 Å². The maximum atomic E-state index is 13.2. The summed E-state index contributed by atoms with van der Waals surface area (Å²) in [6, 6.07) is 10.3. The van der Waals surface area contributed by atoms with E-state index in [2.05, 4.69) is 10.3 Å². The molecule has 0 spiro atoms. The molecule has 0 fully saturated rings. The third-order valence-corrected chi connectivity index (χ3v) is 3.74. The highest BCUT2D eigenvalue weighted by atomic mass is 19.2. The summed E-state index contributed by atoms with van der Waals surface area (Å²) in [5.41, 5.74) is 1.53. The fourth-order valence-corrected chi connectivity index (χ4v) is 2.33. The zero-order valence-corrected chi connectivity index (χ0v) is 14.0. The van der Waals surface area contributed by atoms with Crippen molar-refractivity contribution in [3.05, 3.63) is 71.6 Å². The van der Waals surface area contributed by atoms with Gasteiger partial charge in [0, 0.05) is 24.1 Å². The lowest BCUT2D eigenvalue weighted by Gasteiger charge is -2.04. The van der Waals surface area contributed by atoms with Crippen LogP contribution in [0.4, 0.5) is 8.78 Å². The number of amides is 1. The number of carbonyl (C=O) groups excluding carboxylic acids is 1. The number of nitrogens with one attached hydrogen (secondary N) is 1. The molecule has 0 aliphatic carbocycles. The average Bonchev–Trinajstić information content (AvgIpc) is 3.13. The number of oxazole rings is 1. The summed E-state index contributed by atoms with van der Waals surface area (Å²) in [5.74, 6) is -1.33. The van der Waals surface area contributed by atoms with Gasteiger partial charge in [-0.3, -0.25) is 4.79 Å². The van der Waals surface area contributed by atoms with Crippen LogP contribution in [0, 0.1) is 11.6 Å². The van der Waals surface area contributed by atoms with Gasteiger partial charge in [0.25, 0.3) is 5.91 Å². The summed E-state index contributed by atoms with van der Waals surface area (Å²) >= 11 is 0. The van der Waals surface area contributed by atoms with Gasteiger partial charge in [0.2, 0.25) is 5.89 Å². The molecule has 1 heterocycles. The molecule has 7 heteroatoms. The van der Waals surface area contributed by atoms with Crippen molar-refractivity contribution in [3.8, 4) is 17.2 Å². The SMILES string of the molecule is COc1ccc(-c2nc(CCNC(=O)c3ccc(F)c(F)c3)co2)cc1. The summed E-state index contributed by atoms with van der Waals surface area (Å²) in [7, 11) is 1.59. The van der Waals surface area contributed by atoms with Gasteiger partial charge in [-0.2, -0.15) is 0 Å². The Hall–Kier alpha value is -3.22. The van der Waals surface area contributed by atoms with E-state index in [0.717, 1.165) is 23.4 Å². The maximum Gasteiger partial charge on any atom is 0.251 e. The highest BCUT2D eigenvalue weighted by Crippen LogP contribution is 2.21. The van der Waals surface area contributed by atoms with Crippen LogP contribution in [0.3, 0.4) is 0 Å². The van der Waals surface area contributed by atoms with Crippen LogP contribution in [0.15, 0.2) is 53.1 Å². The quantitative estimate of drug-likeness (QED) is 0.731. The standard InChI is InChI=1S/C19H16F2N2O3/c1-25-15-5-2-12(3-6-15)19-23-14(11-26-19)8-9-22-18(24)13-4-7-16(20)17(21)10-13/h2-7,10-11H,8-9H2,1H3,(H,22,24). The molecule has 0 saturated carbocycles. The van der Waals surface area contributed by atoms with E-state index in [1.54, 1.807) is 19.2 Å². The predicted octanol–water partition coefficient (Wildman–Crippen LogP) is 3.60. The van der Waals surface area contributed by atoms with Crippen molar-refractivity contribution < 1.29 is 22.7 Å². The number of hydrogen-bond acceptors (Lipinski definition) is 4. The summed E-state index contributed by atoms with van der Waals surface area (Å²) in [6.07, 6.45) is 1.96. The van der Waals surface area contributed by atoms with Crippen LogP contribution >= 0.6 is 0 Å². The molecule has 0 aliphatic rings. The van der Waals surface area contributed by atoms with Crippen LogP contribution in [-0.2, 0) is 6.42 Å². The topological polar surface area (TPSA) is 64.4 Å². The van der Waals surface area contributed by atoms with E-state index in [4.69, 9.17) is 9.15 Å². The van der Waals surface area contributed by atoms with E-state index < -0.39 is 17.5 Å². The molecule has 1 amide bonds. The zero-order chi connectivity index (χ0) is 18.5. The minimum Gasteiger partial charge on any atom is -0.497 e. The number of halogens is 2. The fourth-order valence-electron chi connectivity index (χ4n) is 2.33. The predicted molar refractivity (Wildman–Crippen MR) is 90.9 cm³/mol. The number of carbonyl (C=O) groups is 1. The molecule has 134 valence electrons. The smallest absolute Gasteiger partial charge is 0.251 e. The van der Waals surface area contributed by atoms with Gasteiger partial charge in [0.1, 0.15) is 12.0 Å². The molecular formula is C19H16F2N2O3. The Kier molecular flexibility index (Phi) is 5.26. The van der Waals surface area contributed by atoms with Gasteiger partial charge < -0.3 is 14.5 Å². The molecule has 0 atom stereocenters. The highest BCUT2D eigenvalue weighted by Gasteiger charge is 2.11. The second-order valence-electron chi connectivity index (χ2n) is 5.51. The molecule has 0 radical (unpaired) electrons. The monoisotopic (exact) mass is 358 g/mol. The molecule has 0 bridgehead atoms. The molecule has 2 aromatic carbocycles. The number of benzene rings is 2. The molecule has 0 aliphatic heterocycles. The first-order valence-corrected chi connectivity index (χ1v) is 7.89. The molecule has 0 saturated heterocycles. The van der Waals surface area contributed by atoms with Crippen molar-refractivity contribution in [3.63, 3.8) is 0 Å². The van der Waals surface area contributed by atoms with Crippen LogP contribution in [0.5, 0.6) is 5.75 Å². The Morgan fingerprint density at radius 3 is 2.62 bits per heavy atom. The Bertz CT molecular complexity index is 907. The van der Waals surface area contributed by atoms with Crippen LogP contribution in [-0.4, -0.2) is 24.5 Å². The summed E-state index contributed by atoms with van der Waals surface area (Å²) in [6.45, 7) is 0.284. The van der Waals surface area contributed by atoms with Crippen molar-refractivity contribution >= 4 is 5.91 Å². The van der Waals surface area contributed by atoms with Gasteiger partial charge in [-0.05, 0) is 42.5 Å². The molecule has 26 heavy (non-hydrogen) atoms. The van der Waals surface area contributed by atoms with Gasteiger partial charge in [-0.25, -0.2) is 13.8 Å². The molecule has 3 rings (SSSR count). The number of aromatic nitrogens is 1. The Morgan fingerprint density at radius 1 is 1.15 bits per heavy atom. The lowest BCUT2D eigenvalue weighted by Crippen LogP contribution is -2.25. The largest absolute Gasteiger partial charge is 0.497 e. The van der Waals surface area contributed by atoms with Crippen molar-refractivity contribution in [1.29, 1.82) is 0 Å². The summed E-state index contributed by atoms with van der Waals surface area (Å²) in [5, 5.41) is 2.63. The molecule has 3 aromatic rings. The molecular weight excluding hydrogens is 342 g/mol. The molecule has 0 unspecified atom stereocenters. The molecule has 5 nitrogen and oxygen atoms in total. The number of methoxy groups -OCH3 is 1. The third kappa shape index (κ3) is 4.05. The number of ether oxygens (including phenoxy) is 1. The first kappa shape index (κ1) is 17.6. The van der Waals surface area contributed by atoms with Crippen molar-refractivity contribution in [2.24, 2.45) is 0 Å². The Balaban J connectivity index is 1.56. The first-order valence-electron chi connectivity index (χ1n) is 7.89. The van der Waals surface area contributed by atoms with Crippen LogP contribution in [0.25, 0.3) is 11.5 Å².